The molecule has 0 aromatic heterocycles. The first-order chi connectivity index (χ1) is 10.6. The van der Waals surface area contributed by atoms with E-state index in [1.165, 1.54) is 18.2 Å². The minimum Gasteiger partial charge on any atom is -0.478 e. The van der Waals surface area contributed by atoms with Crippen molar-refractivity contribution in [2.45, 2.75) is 19.4 Å². The van der Waals surface area contributed by atoms with Crippen LogP contribution >= 0.6 is 0 Å². The summed E-state index contributed by atoms with van der Waals surface area (Å²) < 4.78 is 13.4. The van der Waals surface area contributed by atoms with Crippen LogP contribution in [0.2, 0.25) is 0 Å². The lowest BCUT2D eigenvalue weighted by Gasteiger charge is -2.06. The molecule has 0 unspecified atom stereocenters. The van der Waals surface area contributed by atoms with Crippen LogP contribution in [-0.4, -0.2) is 17.0 Å². The number of rotatable bonds is 6. The van der Waals surface area contributed by atoms with E-state index in [1.807, 2.05) is 0 Å². The number of hydrogen-bond donors (Lipinski definition) is 2. The van der Waals surface area contributed by atoms with Gasteiger partial charge in [-0.05, 0) is 35.7 Å². The van der Waals surface area contributed by atoms with E-state index in [2.05, 4.69) is 5.32 Å². The molecule has 114 valence electrons. The second-order valence-corrected chi connectivity index (χ2v) is 4.87. The molecule has 4 nitrogen and oxygen atoms in total. The molecule has 0 heterocycles. The molecule has 0 aliphatic carbocycles. The standard InChI is InChI=1S/C17H16FNO3/c18-15-4-2-1-3-13(15)9-10-16(20)19-11-12-5-7-14(8-6-12)17(21)22/h1-8H,9-11H2,(H,19,20)(H,21,22). The van der Waals surface area contributed by atoms with Crippen LogP contribution in [0, 0.1) is 5.82 Å². The van der Waals surface area contributed by atoms with Crippen LogP contribution in [0.3, 0.4) is 0 Å². The average molecular weight is 301 g/mol. The molecule has 2 rings (SSSR count). The molecule has 0 bridgehead atoms. The Morgan fingerprint density at radius 2 is 1.73 bits per heavy atom. The Bertz CT molecular complexity index is 668. The zero-order valence-electron chi connectivity index (χ0n) is 11.9. The van der Waals surface area contributed by atoms with Crippen LogP contribution < -0.4 is 5.32 Å². The maximum Gasteiger partial charge on any atom is 0.335 e. The predicted octanol–water partition coefficient (Wildman–Crippen LogP) is 2.77. The molecular formula is C17H16FNO3. The number of carbonyl (C=O) groups is 2. The Morgan fingerprint density at radius 1 is 1.05 bits per heavy atom. The lowest BCUT2D eigenvalue weighted by molar-refractivity contribution is -0.121. The molecule has 2 aromatic rings. The zero-order chi connectivity index (χ0) is 15.9. The summed E-state index contributed by atoms with van der Waals surface area (Å²) in [7, 11) is 0. The van der Waals surface area contributed by atoms with Gasteiger partial charge in [0.2, 0.25) is 5.91 Å². The maximum absolute atomic E-state index is 13.4. The number of aryl methyl sites for hydroxylation is 1. The number of carboxylic acids is 1. The Labute approximate surface area is 127 Å². The Kier molecular flexibility index (Phi) is 5.25. The number of carbonyl (C=O) groups excluding carboxylic acids is 1. The molecule has 0 aliphatic heterocycles. The van der Waals surface area contributed by atoms with E-state index < -0.39 is 5.97 Å². The van der Waals surface area contributed by atoms with Gasteiger partial charge < -0.3 is 10.4 Å². The summed E-state index contributed by atoms with van der Waals surface area (Å²) in [6, 6.07) is 12.7. The van der Waals surface area contributed by atoms with E-state index in [-0.39, 0.29) is 23.7 Å². The minimum absolute atomic E-state index is 0.175. The summed E-state index contributed by atoms with van der Waals surface area (Å²) in [4.78, 5) is 22.5. The summed E-state index contributed by atoms with van der Waals surface area (Å²) in [5.74, 6) is -1.47. The van der Waals surface area contributed by atoms with Gasteiger partial charge in [0.05, 0.1) is 5.56 Å². The molecule has 22 heavy (non-hydrogen) atoms. The van der Waals surface area contributed by atoms with Crippen LogP contribution in [0.25, 0.3) is 0 Å². The quantitative estimate of drug-likeness (QED) is 0.862. The smallest absolute Gasteiger partial charge is 0.335 e. The van der Waals surface area contributed by atoms with Gasteiger partial charge in [0.1, 0.15) is 5.82 Å². The lowest BCUT2D eigenvalue weighted by Crippen LogP contribution is -2.23. The first kappa shape index (κ1) is 15.7. The largest absolute Gasteiger partial charge is 0.478 e. The fourth-order valence-electron chi connectivity index (χ4n) is 2.00. The third-order valence-corrected chi connectivity index (χ3v) is 3.27. The molecular weight excluding hydrogens is 285 g/mol. The molecule has 0 radical (unpaired) electrons. The van der Waals surface area contributed by atoms with Crippen LogP contribution in [0.1, 0.15) is 27.9 Å². The van der Waals surface area contributed by atoms with Crippen molar-refractivity contribution in [1.82, 2.24) is 5.32 Å². The number of aromatic carboxylic acids is 1. The molecule has 0 aliphatic rings. The predicted molar refractivity (Wildman–Crippen MR) is 80.0 cm³/mol. The molecule has 5 heteroatoms. The van der Waals surface area contributed by atoms with Crippen molar-refractivity contribution in [3.63, 3.8) is 0 Å². The first-order valence-corrected chi connectivity index (χ1v) is 6.88. The van der Waals surface area contributed by atoms with E-state index >= 15 is 0 Å². The van der Waals surface area contributed by atoms with Gasteiger partial charge in [-0.1, -0.05) is 30.3 Å². The van der Waals surface area contributed by atoms with E-state index in [0.29, 0.717) is 18.5 Å². The molecule has 0 fully saturated rings. The van der Waals surface area contributed by atoms with Gasteiger partial charge in [0.15, 0.2) is 0 Å². The molecule has 0 spiro atoms. The van der Waals surface area contributed by atoms with Crippen molar-refractivity contribution in [3.05, 3.63) is 71.0 Å². The summed E-state index contributed by atoms with van der Waals surface area (Å²) in [6.07, 6.45) is 0.546. The summed E-state index contributed by atoms with van der Waals surface area (Å²) >= 11 is 0. The van der Waals surface area contributed by atoms with Gasteiger partial charge in [-0.25, -0.2) is 9.18 Å². The van der Waals surface area contributed by atoms with Gasteiger partial charge in [0, 0.05) is 13.0 Å². The van der Waals surface area contributed by atoms with Gasteiger partial charge in [0.25, 0.3) is 0 Å². The highest BCUT2D eigenvalue weighted by molar-refractivity contribution is 5.87. The maximum atomic E-state index is 13.4. The van der Waals surface area contributed by atoms with Gasteiger partial charge in [-0.15, -0.1) is 0 Å². The van der Waals surface area contributed by atoms with Crippen molar-refractivity contribution in [3.8, 4) is 0 Å². The highest BCUT2D eigenvalue weighted by atomic mass is 19.1. The number of halogens is 1. The van der Waals surface area contributed by atoms with E-state index in [1.54, 1.807) is 30.3 Å². The fourth-order valence-corrected chi connectivity index (χ4v) is 2.00. The van der Waals surface area contributed by atoms with Gasteiger partial charge >= 0.3 is 5.97 Å². The second-order valence-electron chi connectivity index (χ2n) is 4.87. The number of carboxylic acid groups (broad SMARTS) is 1. The fraction of sp³-hybridized carbons (Fsp3) is 0.176. The van der Waals surface area contributed by atoms with Crippen LogP contribution in [0.15, 0.2) is 48.5 Å². The zero-order valence-corrected chi connectivity index (χ0v) is 11.9. The second kappa shape index (κ2) is 7.36. The molecule has 2 N–H and O–H groups in total. The highest BCUT2D eigenvalue weighted by Crippen LogP contribution is 2.09. The summed E-state index contributed by atoms with van der Waals surface area (Å²) in [5.41, 5.74) is 1.53. The third-order valence-electron chi connectivity index (χ3n) is 3.27. The monoisotopic (exact) mass is 301 g/mol. The highest BCUT2D eigenvalue weighted by Gasteiger charge is 2.06. The van der Waals surface area contributed by atoms with E-state index in [0.717, 1.165) is 5.56 Å². The van der Waals surface area contributed by atoms with Gasteiger partial charge in [-0.2, -0.15) is 0 Å². The average Bonchev–Trinajstić information content (AvgIpc) is 2.52. The molecule has 1 amide bonds. The number of amides is 1. The van der Waals surface area contributed by atoms with Crippen LogP contribution in [0.4, 0.5) is 4.39 Å². The van der Waals surface area contributed by atoms with E-state index in [4.69, 9.17) is 5.11 Å². The normalized spacial score (nSPS) is 10.2. The van der Waals surface area contributed by atoms with Crippen molar-refractivity contribution in [1.29, 1.82) is 0 Å². The summed E-state index contributed by atoms with van der Waals surface area (Å²) in [6.45, 7) is 0.315. The SMILES string of the molecule is O=C(CCc1ccccc1F)NCc1ccc(C(=O)O)cc1. The topological polar surface area (TPSA) is 66.4 Å². The van der Waals surface area contributed by atoms with E-state index in [9.17, 15) is 14.0 Å². The number of hydrogen-bond acceptors (Lipinski definition) is 2. The van der Waals surface area contributed by atoms with Gasteiger partial charge in [-0.3, -0.25) is 4.79 Å². The number of benzene rings is 2. The van der Waals surface area contributed by atoms with Crippen LogP contribution in [-0.2, 0) is 17.8 Å². The molecule has 0 atom stereocenters. The van der Waals surface area contributed by atoms with Crippen molar-refractivity contribution >= 4 is 11.9 Å². The van der Waals surface area contributed by atoms with Crippen molar-refractivity contribution < 1.29 is 19.1 Å². The molecule has 0 saturated heterocycles. The third kappa shape index (κ3) is 4.41. The molecule has 0 saturated carbocycles. The van der Waals surface area contributed by atoms with Crippen molar-refractivity contribution in [2.75, 3.05) is 0 Å². The lowest BCUT2D eigenvalue weighted by atomic mass is 10.1. The number of nitrogens with one attached hydrogen (secondary N) is 1. The Balaban J connectivity index is 1.80. The summed E-state index contributed by atoms with van der Waals surface area (Å²) in [5, 5.41) is 11.5. The minimum atomic E-state index is -0.986. The van der Waals surface area contributed by atoms with Crippen LogP contribution in [0.5, 0.6) is 0 Å². The van der Waals surface area contributed by atoms with Crippen molar-refractivity contribution in [2.24, 2.45) is 0 Å². The molecule has 2 aromatic carbocycles. The Morgan fingerprint density at radius 3 is 2.36 bits per heavy atom. The Hall–Kier alpha value is -2.69. The first-order valence-electron chi connectivity index (χ1n) is 6.88.